The van der Waals surface area contributed by atoms with E-state index in [4.69, 9.17) is 0 Å². The van der Waals surface area contributed by atoms with Gasteiger partial charge in [-0.1, -0.05) is 60.7 Å². The van der Waals surface area contributed by atoms with Crippen molar-refractivity contribution in [1.82, 2.24) is 5.01 Å². The van der Waals surface area contributed by atoms with E-state index in [0.717, 1.165) is 16.8 Å². The quantitative estimate of drug-likeness (QED) is 0.944. The lowest BCUT2D eigenvalue weighted by molar-refractivity contribution is -0.134. The maximum absolute atomic E-state index is 12.9. The van der Waals surface area contributed by atoms with E-state index in [0.29, 0.717) is 0 Å². The third kappa shape index (κ3) is 2.66. The second-order valence-electron chi connectivity index (χ2n) is 5.99. The average Bonchev–Trinajstić information content (AvgIpc) is 2.81. The summed E-state index contributed by atoms with van der Waals surface area (Å²) in [6.07, 6.45) is -0.755. The molecule has 2 atom stereocenters. The zero-order valence-electron chi connectivity index (χ0n) is 13.3. The van der Waals surface area contributed by atoms with Crippen LogP contribution < -0.4 is 0 Å². The van der Waals surface area contributed by atoms with Crippen LogP contribution in [0, 0.1) is 0 Å². The van der Waals surface area contributed by atoms with Crippen molar-refractivity contribution in [3.63, 3.8) is 0 Å². The molecule has 1 aliphatic rings. The summed E-state index contributed by atoms with van der Waals surface area (Å²) in [6.45, 7) is 3.90. The molecule has 4 heteroatoms. The largest absolute Gasteiger partial charge is 0.386 e. The Kier molecular flexibility index (Phi) is 4.01. The fourth-order valence-corrected chi connectivity index (χ4v) is 2.91. The SMILES string of the molecule is CC1=NN(CC(O)c2ccccc2)C(=O)C1(C)c1ccccc1. The van der Waals surface area contributed by atoms with E-state index in [2.05, 4.69) is 5.10 Å². The number of amides is 1. The van der Waals surface area contributed by atoms with Gasteiger partial charge in [0.15, 0.2) is 0 Å². The van der Waals surface area contributed by atoms with Gasteiger partial charge in [-0.3, -0.25) is 4.79 Å². The summed E-state index contributed by atoms with van der Waals surface area (Å²) >= 11 is 0. The summed E-state index contributed by atoms with van der Waals surface area (Å²) in [5, 5.41) is 16.2. The van der Waals surface area contributed by atoms with E-state index in [-0.39, 0.29) is 12.5 Å². The maximum atomic E-state index is 12.9. The van der Waals surface area contributed by atoms with Gasteiger partial charge >= 0.3 is 0 Å². The highest BCUT2D eigenvalue weighted by Crippen LogP contribution is 2.34. The fourth-order valence-electron chi connectivity index (χ4n) is 2.91. The molecule has 1 N–H and O–H groups in total. The lowest BCUT2D eigenvalue weighted by Crippen LogP contribution is -2.41. The standard InChI is InChI=1S/C19H20N2O2/c1-14-19(2,16-11-7-4-8-12-16)18(23)21(20-14)13-17(22)15-9-5-3-6-10-15/h3-12,17,22H,13H2,1-2H3. The number of β-amino-alcohol motifs (C(OH)–C–C–N with tert-alkyl or cyclic N) is 1. The normalized spacial score (nSPS) is 22.1. The molecule has 0 aromatic heterocycles. The molecule has 0 bridgehead atoms. The van der Waals surface area contributed by atoms with Crippen LogP contribution in [-0.2, 0) is 10.2 Å². The molecule has 0 radical (unpaired) electrons. The maximum Gasteiger partial charge on any atom is 0.258 e. The van der Waals surface area contributed by atoms with Gasteiger partial charge in [-0.05, 0) is 25.0 Å². The summed E-state index contributed by atoms with van der Waals surface area (Å²) < 4.78 is 0. The summed E-state index contributed by atoms with van der Waals surface area (Å²) in [7, 11) is 0. The van der Waals surface area contributed by atoms with Crippen LogP contribution in [0.5, 0.6) is 0 Å². The summed E-state index contributed by atoms with van der Waals surface area (Å²) in [5.74, 6) is -0.101. The smallest absolute Gasteiger partial charge is 0.258 e. The third-order valence-corrected chi connectivity index (χ3v) is 4.54. The van der Waals surface area contributed by atoms with Crippen molar-refractivity contribution in [2.45, 2.75) is 25.4 Å². The molecular weight excluding hydrogens is 288 g/mol. The predicted molar refractivity (Wildman–Crippen MR) is 90.0 cm³/mol. The van der Waals surface area contributed by atoms with E-state index in [9.17, 15) is 9.90 Å². The number of aliphatic hydroxyl groups is 1. The minimum absolute atomic E-state index is 0.101. The van der Waals surface area contributed by atoms with Gasteiger partial charge in [-0.2, -0.15) is 5.10 Å². The number of carbonyl (C=O) groups excluding carboxylic acids is 1. The summed E-state index contributed by atoms with van der Waals surface area (Å²) in [5.41, 5.74) is 1.68. The molecule has 0 spiro atoms. The first-order valence-corrected chi connectivity index (χ1v) is 7.69. The van der Waals surface area contributed by atoms with Crippen LogP contribution in [0.2, 0.25) is 0 Å². The fraction of sp³-hybridized carbons (Fsp3) is 0.263. The molecule has 0 aliphatic carbocycles. The zero-order chi connectivity index (χ0) is 16.4. The van der Waals surface area contributed by atoms with Crippen LogP contribution in [-0.4, -0.2) is 28.3 Å². The number of hydrazone groups is 1. The first-order valence-electron chi connectivity index (χ1n) is 7.69. The molecule has 2 aromatic rings. The highest BCUT2D eigenvalue weighted by atomic mass is 16.3. The molecule has 1 heterocycles. The Labute approximate surface area is 136 Å². The lowest BCUT2D eigenvalue weighted by Gasteiger charge is -2.25. The van der Waals surface area contributed by atoms with E-state index < -0.39 is 11.5 Å². The van der Waals surface area contributed by atoms with Crippen LogP contribution >= 0.6 is 0 Å². The van der Waals surface area contributed by atoms with Crippen LogP contribution in [0.3, 0.4) is 0 Å². The first kappa shape index (κ1) is 15.4. The minimum Gasteiger partial charge on any atom is -0.386 e. The Bertz CT molecular complexity index is 728. The topological polar surface area (TPSA) is 52.9 Å². The number of rotatable bonds is 4. The average molecular weight is 308 g/mol. The van der Waals surface area contributed by atoms with Gasteiger partial charge < -0.3 is 5.11 Å². The van der Waals surface area contributed by atoms with Crippen molar-refractivity contribution < 1.29 is 9.90 Å². The van der Waals surface area contributed by atoms with Crippen LogP contribution in [0.4, 0.5) is 0 Å². The molecule has 1 aliphatic heterocycles. The van der Waals surface area contributed by atoms with Crippen molar-refractivity contribution in [2.24, 2.45) is 5.10 Å². The molecular formula is C19H20N2O2. The second-order valence-corrected chi connectivity index (χ2v) is 5.99. The van der Waals surface area contributed by atoms with Crippen molar-refractivity contribution in [3.8, 4) is 0 Å². The van der Waals surface area contributed by atoms with Gasteiger partial charge in [0.25, 0.3) is 5.91 Å². The van der Waals surface area contributed by atoms with E-state index in [1.165, 1.54) is 5.01 Å². The van der Waals surface area contributed by atoms with Gasteiger partial charge in [0, 0.05) is 0 Å². The Morgan fingerprint density at radius 3 is 2.26 bits per heavy atom. The van der Waals surface area contributed by atoms with Crippen LogP contribution in [0.25, 0.3) is 0 Å². The molecule has 2 unspecified atom stereocenters. The Balaban J connectivity index is 1.83. The number of carbonyl (C=O) groups is 1. The molecule has 118 valence electrons. The van der Waals surface area contributed by atoms with Crippen LogP contribution in [0.15, 0.2) is 65.8 Å². The van der Waals surface area contributed by atoms with Crippen molar-refractivity contribution >= 4 is 11.6 Å². The van der Waals surface area contributed by atoms with E-state index >= 15 is 0 Å². The van der Waals surface area contributed by atoms with Crippen LogP contribution in [0.1, 0.15) is 31.1 Å². The van der Waals surface area contributed by atoms with E-state index in [1.807, 2.05) is 74.5 Å². The summed E-state index contributed by atoms with van der Waals surface area (Å²) in [4.78, 5) is 12.9. The van der Waals surface area contributed by atoms with Gasteiger partial charge in [0.05, 0.1) is 18.4 Å². The molecule has 3 rings (SSSR count). The molecule has 0 saturated heterocycles. The third-order valence-electron chi connectivity index (χ3n) is 4.54. The van der Waals surface area contributed by atoms with Crippen molar-refractivity contribution in [2.75, 3.05) is 6.54 Å². The Hall–Kier alpha value is -2.46. The van der Waals surface area contributed by atoms with Gasteiger partial charge in [-0.25, -0.2) is 5.01 Å². The molecule has 0 fully saturated rings. The predicted octanol–water partition coefficient (Wildman–Crippen LogP) is 2.90. The second kappa shape index (κ2) is 5.97. The van der Waals surface area contributed by atoms with Gasteiger partial charge in [-0.15, -0.1) is 0 Å². The zero-order valence-corrected chi connectivity index (χ0v) is 13.3. The number of nitrogens with zero attached hydrogens (tertiary/aromatic N) is 2. The number of hydrogen-bond acceptors (Lipinski definition) is 3. The molecule has 0 saturated carbocycles. The first-order chi connectivity index (χ1) is 11.0. The van der Waals surface area contributed by atoms with Crippen molar-refractivity contribution in [3.05, 3.63) is 71.8 Å². The number of hydrogen-bond donors (Lipinski definition) is 1. The van der Waals surface area contributed by atoms with E-state index in [1.54, 1.807) is 0 Å². The van der Waals surface area contributed by atoms with Crippen molar-refractivity contribution in [1.29, 1.82) is 0 Å². The number of aliphatic hydroxyl groups excluding tert-OH is 1. The lowest BCUT2D eigenvalue weighted by atomic mass is 9.78. The minimum atomic E-state index is -0.766. The molecule has 2 aromatic carbocycles. The molecule has 4 nitrogen and oxygen atoms in total. The highest BCUT2D eigenvalue weighted by molar-refractivity contribution is 6.16. The van der Waals surface area contributed by atoms with Gasteiger partial charge in [0.1, 0.15) is 5.41 Å². The monoisotopic (exact) mass is 308 g/mol. The molecule has 1 amide bonds. The Morgan fingerprint density at radius 2 is 1.65 bits per heavy atom. The highest BCUT2D eigenvalue weighted by Gasteiger charge is 2.46. The number of benzene rings is 2. The summed E-state index contributed by atoms with van der Waals surface area (Å²) in [6, 6.07) is 19.0. The van der Waals surface area contributed by atoms with Gasteiger partial charge in [0.2, 0.25) is 0 Å². The Morgan fingerprint density at radius 1 is 1.09 bits per heavy atom. The molecule has 23 heavy (non-hydrogen) atoms.